The Morgan fingerprint density at radius 1 is 0.739 bits per heavy atom. The number of carboxylic acid groups (broad SMARTS) is 3. The van der Waals surface area contributed by atoms with Crippen molar-refractivity contribution in [2.24, 2.45) is 0 Å². The van der Waals surface area contributed by atoms with E-state index in [0.717, 1.165) is 0 Å². The van der Waals surface area contributed by atoms with Crippen LogP contribution in [0.5, 0.6) is 5.75 Å². The number of aliphatic carboxylic acids is 3. The minimum Gasteiger partial charge on any atom is -0.508 e. The lowest BCUT2D eigenvalue weighted by Crippen LogP contribution is -2.14. The van der Waals surface area contributed by atoms with Gasteiger partial charge in [-0.15, -0.1) is 0 Å². The monoisotopic (exact) mass is 326 g/mol. The molecule has 1 aromatic carbocycles. The van der Waals surface area contributed by atoms with Crippen LogP contribution in [0.3, 0.4) is 0 Å². The first kappa shape index (κ1) is 19.8. The molecule has 0 aliphatic carbocycles. The summed E-state index contributed by atoms with van der Waals surface area (Å²) >= 11 is 0. The molecule has 0 aromatic heterocycles. The molecule has 9 nitrogen and oxygen atoms in total. The summed E-state index contributed by atoms with van der Waals surface area (Å²) in [4.78, 5) is 50.6. The second kappa shape index (κ2) is 9.66. The maximum Gasteiger partial charge on any atom is 0.372 e. The molecule has 0 heterocycles. The van der Waals surface area contributed by atoms with E-state index in [1.807, 2.05) is 0 Å². The molecule has 1 aromatic rings. The molecule has 0 saturated heterocycles. The summed E-state index contributed by atoms with van der Waals surface area (Å²) in [5.41, 5.74) is 0.574. The molecule has 23 heavy (non-hydrogen) atoms. The van der Waals surface area contributed by atoms with Crippen molar-refractivity contribution in [1.29, 1.82) is 0 Å². The number of ketones is 2. The third-order valence-electron chi connectivity index (χ3n) is 2.34. The number of phenolic OH excluding ortho intramolecular Hbond substituents is 1. The molecule has 0 spiro atoms. The summed E-state index contributed by atoms with van der Waals surface area (Å²) in [5.74, 6) is -6.02. The summed E-state index contributed by atoms with van der Waals surface area (Å²) in [6, 6.07) is 5.83. The van der Waals surface area contributed by atoms with Crippen LogP contribution in [0.15, 0.2) is 24.3 Å². The average molecular weight is 326 g/mol. The van der Waals surface area contributed by atoms with Crippen molar-refractivity contribution in [3.63, 3.8) is 0 Å². The van der Waals surface area contributed by atoms with Crippen LogP contribution in [0.1, 0.15) is 18.4 Å². The molecule has 0 radical (unpaired) electrons. The SMILES string of the molecule is O=C(O)C(=O)Cc1ccc(O)cc1.O=C(O)CCC(=O)C(=O)O. The second-order valence-electron chi connectivity index (χ2n) is 4.19. The van der Waals surface area contributed by atoms with Crippen molar-refractivity contribution in [3.05, 3.63) is 29.8 Å². The summed E-state index contributed by atoms with van der Waals surface area (Å²) < 4.78 is 0. The number of carboxylic acids is 3. The van der Waals surface area contributed by atoms with Crippen LogP contribution < -0.4 is 0 Å². The van der Waals surface area contributed by atoms with Gasteiger partial charge < -0.3 is 20.4 Å². The molecule has 0 aliphatic heterocycles. The van der Waals surface area contributed by atoms with Crippen molar-refractivity contribution in [1.82, 2.24) is 0 Å². The third kappa shape index (κ3) is 9.34. The van der Waals surface area contributed by atoms with E-state index >= 15 is 0 Å². The lowest BCUT2D eigenvalue weighted by Gasteiger charge is -1.97. The lowest BCUT2D eigenvalue weighted by molar-refractivity contribution is -0.149. The molecule has 0 amide bonds. The summed E-state index contributed by atoms with van der Waals surface area (Å²) in [7, 11) is 0. The van der Waals surface area contributed by atoms with E-state index in [1.165, 1.54) is 24.3 Å². The molecule has 0 fully saturated rings. The van der Waals surface area contributed by atoms with Crippen molar-refractivity contribution in [3.8, 4) is 5.75 Å². The third-order valence-corrected chi connectivity index (χ3v) is 2.34. The molecule has 124 valence electrons. The van der Waals surface area contributed by atoms with Gasteiger partial charge in [0.25, 0.3) is 0 Å². The normalized spacial score (nSPS) is 9.22. The zero-order valence-electron chi connectivity index (χ0n) is 11.8. The fraction of sp³-hybridized carbons (Fsp3) is 0.214. The van der Waals surface area contributed by atoms with Crippen LogP contribution in [0.25, 0.3) is 0 Å². The summed E-state index contributed by atoms with van der Waals surface area (Å²) in [6.45, 7) is 0. The van der Waals surface area contributed by atoms with E-state index in [1.54, 1.807) is 0 Å². The van der Waals surface area contributed by atoms with Crippen molar-refractivity contribution < 1.29 is 44.4 Å². The number of carbonyl (C=O) groups is 5. The molecule has 0 saturated carbocycles. The van der Waals surface area contributed by atoms with Gasteiger partial charge >= 0.3 is 17.9 Å². The maximum atomic E-state index is 10.7. The first-order chi connectivity index (χ1) is 10.6. The van der Waals surface area contributed by atoms with Crippen LogP contribution in [-0.4, -0.2) is 49.9 Å². The first-order valence-electron chi connectivity index (χ1n) is 6.15. The Hall–Kier alpha value is -3.23. The number of hydrogen-bond acceptors (Lipinski definition) is 6. The van der Waals surface area contributed by atoms with E-state index in [-0.39, 0.29) is 12.2 Å². The number of aromatic hydroxyl groups is 1. The average Bonchev–Trinajstić information content (AvgIpc) is 2.47. The quantitative estimate of drug-likeness (QED) is 0.508. The van der Waals surface area contributed by atoms with E-state index in [0.29, 0.717) is 5.56 Å². The van der Waals surface area contributed by atoms with Crippen LogP contribution >= 0.6 is 0 Å². The number of Topliss-reactive ketones (excluding diaryl/α,β-unsaturated/α-hetero) is 2. The van der Waals surface area contributed by atoms with E-state index < -0.39 is 42.3 Å². The summed E-state index contributed by atoms with van der Waals surface area (Å²) in [5, 5.41) is 33.1. The predicted molar refractivity (Wildman–Crippen MR) is 74.0 cm³/mol. The molecule has 0 atom stereocenters. The Morgan fingerprint density at radius 2 is 1.22 bits per heavy atom. The van der Waals surface area contributed by atoms with Crippen LogP contribution in [0.2, 0.25) is 0 Å². The van der Waals surface area contributed by atoms with Crippen LogP contribution in [0, 0.1) is 0 Å². The van der Waals surface area contributed by atoms with Crippen LogP contribution in [0.4, 0.5) is 0 Å². The van der Waals surface area contributed by atoms with E-state index in [2.05, 4.69) is 0 Å². The number of carbonyl (C=O) groups excluding carboxylic acids is 2. The zero-order valence-corrected chi connectivity index (χ0v) is 11.8. The number of phenols is 1. The number of benzene rings is 1. The Kier molecular flexibility index (Phi) is 8.30. The number of rotatable bonds is 7. The predicted octanol–water partition coefficient (Wildman–Crippen LogP) is 0.0933. The van der Waals surface area contributed by atoms with Crippen molar-refractivity contribution in [2.75, 3.05) is 0 Å². The van der Waals surface area contributed by atoms with Gasteiger partial charge in [0, 0.05) is 12.8 Å². The smallest absolute Gasteiger partial charge is 0.372 e. The van der Waals surface area contributed by atoms with Gasteiger partial charge in [-0.05, 0) is 17.7 Å². The van der Waals surface area contributed by atoms with Crippen molar-refractivity contribution in [2.45, 2.75) is 19.3 Å². The largest absolute Gasteiger partial charge is 0.508 e. The fourth-order valence-electron chi connectivity index (χ4n) is 1.20. The lowest BCUT2D eigenvalue weighted by atomic mass is 10.1. The Labute approximate surface area is 129 Å². The zero-order chi connectivity index (χ0) is 18.0. The highest BCUT2D eigenvalue weighted by Gasteiger charge is 2.12. The molecular weight excluding hydrogens is 312 g/mol. The van der Waals surface area contributed by atoms with Gasteiger partial charge in [-0.3, -0.25) is 14.4 Å². The maximum absolute atomic E-state index is 10.7. The standard InChI is InChI=1S/C9H8O4.C5H6O5/c10-7-3-1-6(2-4-7)5-8(11)9(12)13;6-3(5(9)10)1-2-4(7)8/h1-4,10H,5H2,(H,12,13);1-2H2,(H,7,8)(H,9,10). The highest BCUT2D eigenvalue weighted by atomic mass is 16.4. The highest BCUT2D eigenvalue weighted by Crippen LogP contribution is 2.10. The van der Waals surface area contributed by atoms with Gasteiger partial charge in [0.1, 0.15) is 5.75 Å². The molecule has 4 N–H and O–H groups in total. The molecule has 1 rings (SSSR count). The van der Waals surface area contributed by atoms with E-state index in [9.17, 15) is 24.0 Å². The fourth-order valence-corrected chi connectivity index (χ4v) is 1.20. The molecule has 9 heteroatoms. The molecule has 0 aliphatic rings. The van der Waals surface area contributed by atoms with Gasteiger partial charge in [-0.2, -0.15) is 0 Å². The first-order valence-corrected chi connectivity index (χ1v) is 6.15. The Morgan fingerprint density at radius 3 is 1.61 bits per heavy atom. The van der Waals surface area contributed by atoms with E-state index in [4.69, 9.17) is 20.4 Å². The van der Waals surface area contributed by atoms with Gasteiger partial charge in [-0.1, -0.05) is 12.1 Å². The topological polar surface area (TPSA) is 166 Å². The molecule has 0 unspecified atom stereocenters. The van der Waals surface area contributed by atoms with Gasteiger partial charge in [0.2, 0.25) is 11.6 Å². The molecular formula is C14H14O9. The number of hydrogen-bond donors (Lipinski definition) is 4. The van der Waals surface area contributed by atoms with Crippen LogP contribution in [-0.2, 0) is 30.4 Å². The summed E-state index contributed by atoms with van der Waals surface area (Å²) in [6.07, 6.45) is -1.01. The Bertz CT molecular complexity index is 601. The Balaban J connectivity index is 0.000000438. The minimum absolute atomic E-state index is 0.0894. The highest BCUT2D eigenvalue weighted by molar-refractivity contribution is 6.33. The van der Waals surface area contributed by atoms with Gasteiger partial charge in [0.15, 0.2) is 0 Å². The second-order valence-corrected chi connectivity index (χ2v) is 4.19. The van der Waals surface area contributed by atoms with Gasteiger partial charge in [-0.25, -0.2) is 9.59 Å². The minimum atomic E-state index is -1.58. The molecule has 0 bridgehead atoms. The van der Waals surface area contributed by atoms with Crippen molar-refractivity contribution >= 4 is 29.5 Å². The van der Waals surface area contributed by atoms with Gasteiger partial charge in [0.05, 0.1) is 6.42 Å².